The molecule has 1 amide bonds. The molecule has 3 rings (SSSR count). The Balaban J connectivity index is 1.72. The van der Waals surface area contributed by atoms with Crippen LogP contribution in [0.4, 0.5) is 10.1 Å². The Hall–Kier alpha value is -2.24. The molecule has 1 heterocycles. The van der Waals surface area contributed by atoms with Crippen LogP contribution in [0.15, 0.2) is 42.5 Å². The average molecular weight is 342 g/mol. The average Bonchev–Trinajstić information content (AvgIpc) is 2.60. The Morgan fingerprint density at radius 2 is 1.92 bits per heavy atom. The third-order valence-electron chi connectivity index (χ3n) is 4.34. The lowest BCUT2D eigenvalue weighted by Gasteiger charge is -2.26. The third-order valence-corrected chi connectivity index (χ3v) is 4.34. The molecule has 0 bridgehead atoms. The molecule has 1 aliphatic heterocycles. The highest BCUT2D eigenvalue weighted by atomic mass is 19.1. The van der Waals surface area contributed by atoms with Crippen molar-refractivity contribution in [3.63, 3.8) is 0 Å². The number of carbonyl (C=O) groups is 1. The van der Waals surface area contributed by atoms with Gasteiger partial charge in [-0.25, -0.2) is 4.39 Å². The second kappa shape index (κ2) is 8.23. The van der Waals surface area contributed by atoms with E-state index in [1.54, 1.807) is 12.1 Å². The summed E-state index contributed by atoms with van der Waals surface area (Å²) in [7, 11) is 0. The van der Waals surface area contributed by atoms with Crippen LogP contribution in [0, 0.1) is 12.7 Å². The molecule has 0 atom stereocenters. The van der Waals surface area contributed by atoms with Crippen molar-refractivity contribution < 1.29 is 13.9 Å². The van der Waals surface area contributed by atoms with E-state index in [1.807, 2.05) is 31.2 Å². The SMILES string of the molecule is Cc1ccc(NC(=O)CN2CCOCC2)c(Cc2ccccc2F)c1. The van der Waals surface area contributed by atoms with Crippen molar-refractivity contribution in [2.24, 2.45) is 0 Å². The summed E-state index contributed by atoms with van der Waals surface area (Å²) in [4.78, 5) is 14.4. The molecule has 1 aliphatic rings. The Morgan fingerprint density at radius 1 is 1.16 bits per heavy atom. The van der Waals surface area contributed by atoms with Crippen LogP contribution in [0.5, 0.6) is 0 Å². The van der Waals surface area contributed by atoms with Crippen LogP contribution in [0.3, 0.4) is 0 Å². The number of nitrogens with zero attached hydrogens (tertiary/aromatic N) is 1. The van der Waals surface area contributed by atoms with Crippen molar-refractivity contribution >= 4 is 11.6 Å². The molecule has 0 aliphatic carbocycles. The summed E-state index contributed by atoms with van der Waals surface area (Å²) in [5.74, 6) is -0.282. The van der Waals surface area contributed by atoms with E-state index < -0.39 is 0 Å². The van der Waals surface area contributed by atoms with Gasteiger partial charge in [-0.1, -0.05) is 35.9 Å². The van der Waals surface area contributed by atoms with Crippen molar-refractivity contribution in [3.05, 3.63) is 65.0 Å². The van der Waals surface area contributed by atoms with E-state index in [4.69, 9.17) is 4.74 Å². The molecule has 0 spiro atoms. The maximum atomic E-state index is 14.0. The number of amides is 1. The molecule has 1 N–H and O–H groups in total. The van der Waals surface area contributed by atoms with Crippen molar-refractivity contribution in [1.29, 1.82) is 0 Å². The zero-order valence-corrected chi connectivity index (χ0v) is 14.4. The van der Waals surface area contributed by atoms with Crippen molar-refractivity contribution in [1.82, 2.24) is 4.90 Å². The fraction of sp³-hybridized carbons (Fsp3) is 0.350. The van der Waals surface area contributed by atoms with Gasteiger partial charge in [0, 0.05) is 25.2 Å². The van der Waals surface area contributed by atoms with Gasteiger partial charge in [0.15, 0.2) is 0 Å². The van der Waals surface area contributed by atoms with Crippen LogP contribution in [0.1, 0.15) is 16.7 Å². The van der Waals surface area contributed by atoms with Gasteiger partial charge in [0.25, 0.3) is 0 Å². The number of morpholine rings is 1. The van der Waals surface area contributed by atoms with Gasteiger partial charge >= 0.3 is 0 Å². The lowest BCUT2D eigenvalue weighted by Crippen LogP contribution is -2.41. The van der Waals surface area contributed by atoms with E-state index in [1.165, 1.54) is 6.07 Å². The van der Waals surface area contributed by atoms with Gasteiger partial charge in [0.05, 0.1) is 19.8 Å². The standard InChI is InChI=1S/C20H23FN2O2/c1-15-6-7-19(22-20(24)14-23-8-10-25-11-9-23)17(12-15)13-16-4-2-3-5-18(16)21/h2-7,12H,8-11,13-14H2,1H3,(H,22,24). The first-order chi connectivity index (χ1) is 12.1. The monoisotopic (exact) mass is 342 g/mol. The third kappa shape index (κ3) is 4.87. The van der Waals surface area contributed by atoms with E-state index in [0.717, 1.165) is 29.9 Å². The number of benzene rings is 2. The second-order valence-corrected chi connectivity index (χ2v) is 6.37. The summed E-state index contributed by atoms with van der Waals surface area (Å²) in [6.07, 6.45) is 0.446. The number of rotatable bonds is 5. The van der Waals surface area contributed by atoms with Crippen LogP contribution in [0.25, 0.3) is 0 Å². The Bertz CT molecular complexity index is 742. The van der Waals surface area contributed by atoms with Crippen molar-refractivity contribution in [2.45, 2.75) is 13.3 Å². The number of anilines is 1. The Labute approximate surface area is 147 Å². The first-order valence-corrected chi connectivity index (χ1v) is 8.55. The predicted octanol–water partition coefficient (Wildman–Crippen LogP) is 3.00. The van der Waals surface area contributed by atoms with Crippen molar-refractivity contribution in [2.75, 3.05) is 38.2 Å². The zero-order valence-electron chi connectivity index (χ0n) is 14.4. The number of ether oxygens (including phenoxy) is 1. The highest BCUT2D eigenvalue weighted by Gasteiger charge is 2.15. The smallest absolute Gasteiger partial charge is 0.238 e. The zero-order chi connectivity index (χ0) is 17.6. The lowest BCUT2D eigenvalue weighted by atomic mass is 10.0. The molecular formula is C20H23FN2O2. The molecule has 25 heavy (non-hydrogen) atoms. The summed E-state index contributed by atoms with van der Waals surface area (Å²) < 4.78 is 19.3. The maximum absolute atomic E-state index is 14.0. The van der Waals surface area contributed by atoms with Gasteiger partial charge in [-0.2, -0.15) is 0 Å². The van der Waals surface area contributed by atoms with Crippen molar-refractivity contribution in [3.8, 4) is 0 Å². The molecule has 132 valence electrons. The van der Waals surface area contributed by atoms with Crippen LogP contribution in [-0.2, 0) is 16.0 Å². The van der Waals surface area contributed by atoms with Gasteiger partial charge in [-0.05, 0) is 30.2 Å². The number of nitrogens with one attached hydrogen (secondary N) is 1. The minimum Gasteiger partial charge on any atom is -0.379 e. The number of hydrogen-bond donors (Lipinski definition) is 1. The maximum Gasteiger partial charge on any atom is 0.238 e. The fourth-order valence-corrected chi connectivity index (χ4v) is 2.99. The topological polar surface area (TPSA) is 41.6 Å². The summed E-state index contributed by atoms with van der Waals surface area (Å²) in [5.41, 5.74) is 3.36. The molecule has 2 aromatic carbocycles. The van der Waals surface area contributed by atoms with E-state index in [-0.39, 0.29) is 11.7 Å². The highest BCUT2D eigenvalue weighted by Crippen LogP contribution is 2.22. The lowest BCUT2D eigenvalue weighted by molar-refractivity contribution is -0.118. The summed E-state index contributed by atoms with van der Waals surface area (Å²) >= 11 is 0. The number of aryl methyl sites for hydroxylation is 1. The first-order valence-electron chi connectivity index (χ1n) is 8.55. The predicted molar refractivity (Wildman–Crippen MR) is 96.3 cm³/mol. The van der Waals surface area contributed by atoms with E-state index in [2.05, 4.69) is 10.2 Å². The molecule has 2 aromatic rings. The van der Waals surface area contributed by atoms with Gasteiger partial charge in [0.2, 0.25) is 5.91 Å². The molecule has 0 radical (unpaired) electrons. The summed E-state index contributed by atoms with van der Waals surface area (Å²) in [6.45, 7) is 5.19. The Morgan fingerprint density at radius 3 is 2.68 bits per heavy atom. The van der Waals surface area contributed by atoms with Gasteiger partial charge < -0.3 is 10.1 Å². The van der Waals surface area contributed by atoms with Gasteiger partial charge in [-0.15, -0.1) is 0 Å². The fourth-order valence-electron chi connectivity index (χ4n) is 2.99. The molecule has 4 nitrogen and oxygen atoms in total. The molecule has 5 heteroatoms. The normalized spacial score (nSPS) is 15.1. The van der Waals surface area contributed by atoms with Crippen LogP contribution in [0.2, 0.25) is 0 Å². The minimum atomic E-state index is -0.227. The molecule has 1 fully saturated rings. The second-order valence-electron chi connectivity index (χ2n) is 6.37. The van der Waals surface area contributed by atoms with E-state index >= 15 is 0 Å². The number of hydrogen-bond acceptors (Lipinski definition) is 3. The summed E-state index contributed by atoms with van der Waals surface area (Å²) in [6, 6.07) is 12.6. The summed E-state index contributed by atoms with van der Waals surface area (Å²) in [5, 5.41) is 2.98. The quantitative estimate of drug-likeness (QED) is 0.908. The van der Waals surface area contributed by atoms with Gasteiger partial charge in [0.1, 0.15) is 5.82 Å². The molecule has 1 saturated heterocycles. The van der Waals surface area contributed by atoms with E-state index in [0.29, 0.717) is 31.7 Å². The molecule has 0 unspecified atom stereocenters. The van der Waals surface area contributed by atoms with E-state index in [9.17, 15) is 9.18 Å². The van der Waals surface area contributed by atoms with Crippen LogP contribution < -0.4 is 5.32 Å². The molecular weight excluding hydrogens is 319 g/mol. The Kier molecular flexibility index (Phi) is 5.79. The first kappa shape index (κ1) is 17.6. The highest BCUT2D eigenvalue weighted by molar-refractivity contribution is 5.93. The largest absolute Gasteiger partial charge is 0.379 e. The number of halogens is 1. The minimum absolute atomic E-state index is 0.0551. The van der Waals surface area contributed by atoms with Crippen LogP contribution >= 0.6 is 0 Å². The molecule has 0 aromatic heterocycles. The van der Waals surface area contributed by atoms with Crippen LogP contribution in [-0.4, -0.2) is 43.7 Å². The molecule has 0 saturated carbocycles. The van der Waals surface area contributed by atoms with Gasteiger partial charge in [-0.3, -0.25) is 9.69 Å². The number of carbonyl (C=O) groups excluding carboxylic acids is 1.